The van der Waals surface area contributed by atoms with Crippen molar-refractivity contribution in [3.05, 3.63) is 51.7 Å². The average Bonchev–Trinajstić information content (AvgIpc) is 3.22. The van der Waals surface area contributed by atoms with Crippen LogP contribution in [-0.4, -0.2) is 38.3 Å². The van der Waals surface area contributed by atoms with Gasteiger partial charge in [0.2, 0.25) is 10.0 Å². The Kier molecular flexibility index (Phi) is 6.85. The molecule has 0 bridgehead atoms. The molecule has 1 amide bonds. The van der Waals surface area contributed by atoms with Crippen LogP contribution in [0.15, 0.2) is 40.6 Å². The van der Waals surface area contributed by atoms with Crippen molar-refractivity contribution >= 4 is 27.3 Å². The third kappa shape index (κ3) is 5.22. The van der Waals surface area contributed by atoms with Gasteiger partial charge in [0.15, 0.2) is 0 Å². The smallest absolute Gasteiger partial charge is 0.340 e. The monoisotopic (exact) mass is 456 g/mol. The fourth-order valence-corrected chi connectivity index (χ4v) is 5.87. The highest BCUT2D eigenvalue weighted by Crippen LogP contribution is 2.29. The Morgan fingerprint density at radius 3 is 2.60 bits per heavy atom. The number of hydrogen-bond donors (Lipinski definition) is 1. The van der Waals surface area contributed by atoms with Crippen molar-refractivity contribution in [2.75, 3.05) is 19.6 Å². The molecular weight excluding hydrogens is 437 g/mol. The molecule has 160 valence electrons. The number of alkyl halides is 3. The first-order chi connectivity index (χ1) is 14.2. The van der Waals surface area contributed by atoms with Gasteiger partial charge in [-0.2, -0.15) is 17.5 Å². The molecule has 0 radical (unpaired) electrons. The maximum absolute atomic E-state index is 12.8. The van der Waals surface area contributed by atoms with Gasteiger partial charge in [-0.25, -0.2) is 8.42 Å². The maximum Gasteiger partial charge on any atom is 0.416 e. The number of hydrogen-bond acceptors (Lipinski definition) is 4. The SMILES string of the molecule is O=C(NCC#Cc1cccc(C(F)(F)F)c1)c1sccc1S(=O)(=O)N1CCCCC1. The van der Waals surface area contributed by atoms with Gasteiger partial charge in [0, 0.05) is 18.7 Å². The fraction of sp³-hybridized carbons (Fsp3) is 0.350. The summed E-state index contributed by atoms with van der Waals surface area (Å²) in [6.07, 6.45) is -1.90. The summed E-state index contributed by atoms with van der Waals surface area (Å²) >= 11 is 1.02. The number of carbonyl (C=O) groups is 1. The van der Waals surface area contributed by atoms with Gasteiger partial charge in [-0.05, 0) is 42.5 Å². The van der Waals surface area contributed by atoms with Gasteiger partial charge >= 0.3 is 6.18 Å². The molecule has 5 nitrogen and oxygen atoms in total. The van der Waals surface area contributed by atoms with Gasteiger partial charge in [0.05, 0.1) is 12.1 Å². The van der Waals surface area contributed by atoms with Crippen LogP contribution in [0.1, 0.15) is 40.1 Å². The van der Waals surface area contributed by atoms with E-state index in [0.717, 1.165) is 42.7 Å². The van der Waals surface area contributed by atoms with Crippen molar-refractivity contribution < 1.29 is 26.4 Å². The average molecular weight is 457 g/mol. The van der Waals surface area contributed by atoms with Crippen LogP contribution in [-0.2, 0) is 16.2 Å². The summed E-state index contributed by atoms with van der Waals surface area (Å²) in [7, 11) is -3.75. The molecule has 0 aliphatic carbocycles. The first kappa shape index (κ1) is 22.3. The summed E-state index contributed by atoms with van der Waals surface area (Å²) in [6.45, 7) is 0.736. The molecule has 10 heteroatoms. The molecule has 2 aromatic rings. The van der Waals surface area contributed by atoms with Crippen LogP contribution in [0.25, 0.3) is 0 Å². The number of thiophene rings is 1. The highest BCUT2D eigenvalue weighted by Gasteiger charge is 2.31. The summed E-state index contributed by atoms with van der Waals surface area (Å²) in [6, 6.07) is 5.99. The molecule has 0 atom stereocenters. The van der Waals surface area contributed by atoms with Crippen LogP contribution in [0, 0.1) is 11.8 Å². The molecule has 1 aliphatic heterocycles. The van der Waals surface area contributed by atoms with E-state index in [0.29, 0.717) is 13.1 Å². The van der Waals surface area contributed by atoms with E-state index in [1.165, 1.54) is 22.5 Å². The lowest BCUT2D eigenvalue weighted by atomic mass is 10.1. The molecule has 1 aliphatic rings. The van der Waals surface area contributed by atoms with Crippen LogP contribution in [0.4, 0.5) is 13.2 Å². The molecule has 0 spiro atoms. The lowest BCUT2D eigenvalue weighted by molar-refractivity contribution is -0.137. The van der Waals surface area contributed by atoms with Crippen molar-refractivity contribution in [2.24, 2.45) is 0 Å². The molecule has 1 N–H and O–H groups in total. The minimum Gasteiger partial charge on any atom is -0.340 e. The number of piperidine rings is 1. The third-order valence-electron chi connectivity index (χ3n) is 4.53. The van der Waals surface area contributed by atoms with E-state index in [2.05, 4.69) is 17.2 Å². The Hall–Kier alpha value is -2.35. The summed E-state index contributed by atoms with van der Waals surface area (Å²) in [5.41, 5.74) is -0.631. The predicted molar refractivity (Wildman–Crippen MR) is 108 cm³/mol. The number of sulfonamides is 1. The van der Waals surface area contributed by atoms with Crippen molar-refractivity contribution in [2.45, 2.75) is 30.3 Å². The van der Waals surface area contributed by atoms with E-state index in [4.69, 9.17) is 0 Å². The Bertz CT molecular complexity index is 1080. The van der Waals surface area contributed by atoms with Gasteiger partial charge in [-0.1, -0.05) is 24.3 Å². The van der Waals surface area contributed by atoms with Crippen LogP contribution in [0.2, 0.25) is 0 Å². The number of nitrogens with one attached hydrogen (secondary N) is 1. The maximum atomic E-state index is 12.8. The second kappa shape index (κ2) is 9.20. The zero-order chi connectivity index (χ0) is 21.8. The highest BCUT2D eigenvalue weighted by molar-refractivity contribution is 7.89. The molecule has 3 rings (SSSR count). The highest BCUT2D eigenvalue weighted by atomic mass is 32.2. The third-order valence-corrected chi connectivity index (χ3v) is 7.51. The second-order valence-electron chi connectivity index (χ2n) is 6.64. The van der Waals surface area contributed by atoms with Crippen LogP contribution in [0.3, 0.4) is 0 Å². The summed E-state index contributed by atoms with van der Waals surface area (Å²) in [5, 5.41) is 4.05. The number of halogens is 3. The number of benzene rings is 1. The fourth-order valence-electron chi connectivity index (χ4n) is 3.03. The number of amides is 1. The van der Waals surface area contributed by atoms with Crippen LogP contribution >= 0.6 is 11.3 Å². The Morgan fingerprint density at radius 2 is 1.90 bits per heavy atom. The van der Waals surface area contributed by atoms with Gasteiger partial charge in [-0.3, -0.25) is 4.79 Å². The van der Waals surface area contributed by atoms with Crippen LogP contribution < -0.4 is 5.32 Å². The van der Waals surface area contributed by atoms with E-state index in [1.807, 2.05) is 0 Å². The van der Waals surface area contributed by atoms with E-state index >= 15 is 0 Å². The minimum atomic E-state index is -4.46. The quantitative estimate of drug-likeness (QED) is 0.713. The summed E-state index contributed by atoms with van der Waals surface area (Å²) in [4.78, 5) is 12.5. The van der Waals surface area contributed by atoms with Crippen molar-refractivity contribution in [1.29, 1.82) is 0 Å². The van der Waals surface area contributed by atoms with E-state index in [-0.39, 0.29) is 21.9 Å². The molecule has 1 aromatic carbocycles. The Labute approximate surface area is 177 Å². The van der Waals surface area contributed by atoms with Crippen molar-refractivity contribution in [1.82, 2.24) is 9.62 Å². The van der Waals surface area contributed by atoms with Crippen molar-refractivity contribution in [3.63, 3.8) is 0 Å². The number of rotatable bonds is 4. The summed E-state index contributed by atoms with van der Waals surface area (Å²) < 4.78 is 65.3. The summed E-state index contributed by atoms with van der Waals surface area (Å²) in [5.74, 6) is 4.57. The molecule has 30 heavy (non-hydrogen) atoms. The molecule has 1 saturated heterocycles. The normalized spacial score (nSPS) is 15.3. The van der Waals surface area contributed by atoms with Gasteiger partial charge in [-0.15, -0.1) is 11.3 Å². The van der Waals surface area contributed by atoms with E-state index < -0.39 is 27.7 Å². The topological polar surface area (TPSA) is 66.5 Å². The predicted octanol–water partition coefficient (Wildman–Crippen LogP) is 3.72. The second-order valence-corrected chi connectivity index (χ2v) is 9.46. The molecule has 2 heterocycles. The molecule has 1 fully saturated rings. The minimum absolute atomic E-state index is 0.0299. The first-order valence-electron chi connectivity index (χ1n) is 9.21. The number of nitrogens with zero attached hydrogens (tertiary/aromatic N) is 1. The molecular formula is C20H19F3N2O3S2. The lowest BCUT2D eigenvalue weighted by Gasteiger charge is -2.25. The van der Waals surface area contributed by atoms with E-state index in [1.54, 1.807) is 5.38 Å². The number of carbonyl (C=O) groups excluding carboxylic acids is 1. The van der Waals surface area contributed by atoms with Gasteiger partial charge in [0.25, 0.3) is 5.91 Å². The largest absolute Gasteiger partial charge is 0.416 e. The van der Waals surface area contributed by atoms with Crippen LogP contribution in [0.5, 0.6) is 0 Å². The standard InChI is InChI=1S/C20H19F3N2O3S2/c21-20(22,23)16-8-4-6-15(14-16)7-5-10-24-19(26)18-17(9-13-29-18)30(27,28)25-11-2-1-3-12-25/h4,6,8-9,13-14H,1-3,10-12H2,(H,24,26). The Morgan fingerprint density at radius 1 is 1.17 bits per heavy atom. The molecule has 0 unspecified atom stereocenters. The lowest BCUT2D eigenvalue weighted by Crippen LogP contribution is -2.36. The van der Waals surface area contributed by atoms with Gasteiger partial charge < -0.3 is 5.32 Å². The zero-order valence-electron chi connectivity index (χ0n) is 15.8. The zero-order valence-corrected chi connectivity index (χ0v) is 17.5. The van der Waals surface area contributed by atoms with Crippen molar-refractivity contribution in [3.8, 4) is 11.8 Å². The van der Waals surface area contributed by atoms with E-state index in [9.17, 15) is 26.4 Å². The Balaban J connectivity index is 1.67. The first-order valence-corrected chi connectivity index (χ1v) is 11.5. The molecule has 1 aromatic heterocycles. The van der Waals surface area contributed by atoms with Gasteiger partial charge in [0.1, 0.15) is 9.77 Å². The molecule has 0 saturated carbocycles.